The summed E-state index contributed by atoms with van der Waals surface area (Å²) in [6, 6.07) is 11.8. The fourth-order valence-corrected chi connectivity index (χ4v) is 4.31. The molecule has 0 unspecified atom stereocenters. The Hall–Kier alpha value is -2.42. The second-order valence-electron chi connectivity index (χ2n) is 7.37. The average molecular weight is 447 g/mol. The molecule has 30 heavy (non-hydrogen) atoms. The third-order valence-corrected chi connectivity index (χ3v) is 6.27. The van der Waals surface area contributed by atoms with Gasteiger partial charge in [0.2, 0.25) is 5.91 Å². The first kappa shape index (κ1) is 20.8. The summed E-state index contributed by atoms with van der Waals surface area (Å²) in [6.45, 7) is 2.95. The molecule has 1 amide bonds. The summed E-state index contributed by atoms with van der Waals surface area (Å²) in [5.74, 6) is -0.316. The number of carbonyl (C=O) groups is 1. The molecule has 1 N–H and O–H groups in total. The molecule has 0 aliphatic carbocycles. The number of piperidine rings is 1. The number of aromatic nitrogens is 2. The van der Waals surface area contributed by atoms with Crippen LogP contribution in [0.1, 0.15) is 24.8 Å². The van der Waals surface area contributed by atoms with Crippen molar-refractivity contribution < 1.29 is 9.21 Å². The smallest absolute Gasteiger partial charge is 0.387 e. The number of hydrogen-bond acceptors (Lipinski definition) is 6. The minimum Gasteiger partial charge on any atom is -0.387 e. The second-order valence-corrected chi connectivity index (χ2v) is 8.75. The van der Waals surface area contributed by atoms with Crippen LogP contribution in [0.4, 0.5) is 0 Å². The molecule has 0 bridgehead atoms. The zero-order valence-corrected chi connectivity index (χ0v) is 18.0. The van der Waals surface area contributed by atoms with E-state index in [4.69, 9.17) is 16.0 Å². The monoisotopic (exact) mass is 446 g/mol. The van der Waals surface area contributed by atoms with Crippen molar-refractivity contribution in [2.75, 3.05) is 13.1 Å². The molecule has 7 nitrogen and oxygen atoms in total. The van der Waals surface area contributed by atoms with E-state index in [9.17, 15) is 9.59 Å². The predicted molar refractivity (Wildman–Crippen MR) is 117 cm³/mol. The highest BCUT2D eigenvalue weighted by molar-refractivity contribution is 7.13. The Morgan fingerprint density at radius 3 is 2.70 bits per heavy atom. The lowest BCUT2D eigenvalue weighted by molar-refractivity contribution is -0.122. The zero-order chi connectivity index (χ0) is 20.9. The van der Waals surface area contributed by atoms with Gasteiger partial charge in [-0.1, -0.05) is 29.8 Å². The summed E-state index contributed by atoms with van der Waals surface area (Å²) in [7, 11) is 0. The number of likely N-dealkylation sites (tertiary alicyclic amines) is 1. The molecular weight excluding hydrogens is 424 g/mol. The molecule has 0 atom stereocenters. The molecule has 158 valence electrons. The standard InChI is InChI=1S/C21H23ClN4O3S/c22-16-5-3-15(4-6-16)14-25-10-7-17(8-11-25)23-19(27)9-12-26-21(28)29-20(24-26)18-2-1-13-30-18/h1-6,13,17H,7-12,14H2,(H,23,27). The molecule has 1 aliphatic heterocycles. The van der Waals surface area contributed by atoms with Gasteiger partial charge in [-0.2, -0.15) is 4.68 Å². The Labute approximate surface area is 183 Å². The summed E-state index contributed by atoms with van der Waals surface area (Å²) in [5, 5.41) is 9.90. The van der Waals surface area contributed by atoms with E-state index in [1.165, 1.54) is 21.6 Å². The van der Waals surface area contributed by atoms with Crippen molar-refractivity contribution in [1.29, 1.82) is 0 Å². The van der Waals surface area contributed by atoms with Crippen LogP contribution in [0.2, 0.25) is 5.02 Å². The first-order chi connectivity index (χ1) is 14.6. The number of carbonyl (C=O) groups excluding carboxylic acids is 1. The number of halogens is 1. The van der Waals surface area contributed by atoms with Gasteiger partial charge in [0.05, 0.1) is 11.4 Å². The van der Waals surface area contributed by atoms with Crippen LogP contribution < -0.4 is 11.1 Å². The lowest BCUT2D eigenvalue weighted by Crippen LogP contribution is -2.44. The summed E-state index contributed by atoms with van der Waals surface area (Å²) >= 11 is 7.39. The highest BCUT2D eigenvalue weighted by Crippen LogP contribution is 2.21. The summed E-state index contributed by atoms with van der Waals surface area (Å²) in [4.78, 5) is 27.4. The van der Waals surface area contributed by atoms with Crippen molar-refractivity contribution in [2.45, 2.75) is 38.4 Å². The van der Waals surface area contributed by atoms with Crippen molar-refractivity contribution in [1.82, 2.24) is 20.0 Å². The van der Waals surface area contributed by atoms with E-state index in [0.717, 1.165) is 42.4 Å². The number of nitrogens with zero attached hydrogens (tertiary/aromatic N) is 3. The lowest BCUT2D eigenvalue weighted by Gasteiger charge is -2.32. The fraction of sp³-hybridized carbons (Fsp3) is 0.381. The first-order valence-corrected chi connectivity index (χ1v) is 11.2. The molecule has 4 rings (SSSR count). The molecule has 2 aromatic heterocycles. The van der Waals surface area contributed by atoms with Crippen molar-refractivity contribution in [2.24, 2.45) is 0 Å². The van der Waals surface area contributed by atoms with E-state index in [-0.39, 0.29) is 24.9 Å². The topological polar surface area (TPSA) is 80.4 Å². The fourth-order valence-electron chi connectivity index (χ4n) is 3.54. The van der Waals surface area contributed by atoms with Crippen LogP contribution >= 0.6 is 22.9 Å². The van der Waals surface area contributed by atoms with Crippen molar-refractivity contribution in [3.63, 3.8) is 0 Å². The molecule has 0 saturated carbocycles. The maximum Gasteiger partial charge on any atom is 0.437 e. The Balaban J connectivity index is 1.21. The summed E-state index contributed by atoms with van der Waals surface area (Å²) in [5.41, 5.74) is 1.24. The van der Waals surface area contributed by atoms with E-state index < -0.39 is 5.76 Å². The van der Waals surface area contributed by atoms with Gasteiger partial charge < -0.3 is 9.73 Å². The van der Waals surface area contributed by atoms with Crippen LogP contribution in [-0.2, 0) is 17.9 Å². The molecule has 3 heterocycles. The molecular formula is C21H23ClN4O3S. The maximum absolute atomic E-state index is 12.3. The summed E-state index contributed by atoms with van der Waals surface area (Å²) < 4.78 is 6.38. The quantitative estimate of drug-likeness (QED) is 0.601. The molecule has 3 aromatic rings. The van der Waals surface area contributed by atoms with Crippen LogP contribution in [-0.4, -0.2) is 39.7 Å². The number of nitrogens with one attached hydrogen (secondary N) is 1. The molecule has 1 aromatic carbocycles. The Morgan fingerprint density at radius 1 is 1.23 bits per heavy atom. The molecule has 1 fully saturated rings. The van der Waals surface area contributed by atoms with Gasteiger partial charge in [-0.25, -0.2) is 4.79 Å². The number of benzene rings is 1. The van der Waals surface area contributed by atoms with Crippen molar-refractivity contribution in [3.8, 4) is 10.8 Å². The molecule has 0 radical (unpaired) electrons. The van der Waals surface area contributed by atoms with Gasteiger partial charge >= 0.3 is 5.76 Å². The number of aryl methyl sites for hydroxylation is 1. The van der Waals surface area contributed by atoms with Gasteiger partial charge in [-0.3, -0.25) is 9.69 Å². The van der Waals surface area contributed by atoms with Gasteiger partial charge in [-0.05, 0) is 42.0 Å². The molecule has 1 saturated heterocycles. The van der Waals surface area contributed by atoms with Gasteiger partial charge in [0.15, 0.2) is 0 Å². The number of amides is 1. The van der Waals surface area contributed by atoms with E-state index in [2.05, 4.69) is 15.3 Å². The highest BCUT2D eigenvalue weighted by Gasteiger charge is 2.21. The van der Waals surface area contributed by atoms with Crippen molar-refractivity contribution >= 4 is 28.8 Å². The predicted octanol–water partition coefficient (Wildman–Crippen LogP) is 3.39. The maximum atomic E-state index is 12.3. The van der Waals surface area contributed by atoms with Crippen LogP contribution in [0.25, 0.3) is 10.8 Å². The van der Waals surface area contributed by atoms with Gasteiger partial charge in [0.25, 0.3) is 5.89 Å². The average Bonchev–Trinajstić information content (AvgIpc) is 3.39. The third-order valence-electron chi connectivity index (χ3n) is 5.16. The highest BCUT2D eigenvalue weighted by atomic mass is 35.5. The number of thiophene rings is 1. The largest absolute Gasteiger partial charge is 0.437 e. The van der Waals surface area contributed by atoms with E-state index >= 15 is 0 Å². The van der Waals surface area contributed by atoms with Crippen LogP contribution in [0.5, 0.6) is 0 Å². The van der Waals surface area contributed by atoms with Crippen LogP contribution in [0.15, 0.2) is 51.0 Å². The van der Waals surface area contributed by atoms with Crippen LogP contribution in [0.3, 0.4) is 0 Å². The van der Waals surface area contributed by atoms with Crippen molar-refractivity contribution in [3.05, 3.63) is 62.9 Å². The van der Waals surface area contributed by atoms with E-state index in [1.54, 1.807) is 0 Å². The van der Waals surface area contributed by atoms with Crippen LogP contribution in [0, 0.1) is 0 Å². The van der Waals surface area contributed by atoms with Gasteiger partial charge in [0.1, 0.15) is 0 Å². The minimum absolute atomic E-state index is 0.0706. The van der Waals surface area contributed by atoms with Gasteiger partial charge in [0, 0.05) is 37.1 Å². The third kappa shape index (κ3) is 5.38. The van der Waals surface area contributed by atoms with Gasteiger partial charge in [-0.15, -0.1) is 16.4 Å². The lowest BCUT2D eigenvalue weighted by atomic mass is 10.0. The minimum atomic E-state index is -0.540. The molecule has 0 spiro atoms. The van der Waals surface area contributed by atoms with E-state index in [1.807, 2.05) is 41.8 Å². The first-order valence-electron chi connectivity index (χ1n) is 9.95. The molecule has 1 aliphatic rings. The summed E-state index contributed by atoms with van der Waals surface area (Å²) in [6.07, 6.45) is 2.01. The Kier molecular flexibility index (Phi) is 6.66. The Morgan fingerprint density at radius 2 is 2.00 bits per heavy atom. The molecule has 9 heteroatoms. The zero-order valence-electron chi connectivity index (χ0n) is 16.4. The number of hydrogen-bond donors (Lipinski definition) is 1. The number of rotatable bonds is 7. The van der Waals surface area contributed by atoms with E-state index in [0.29, 0.717) is 5.89 Å². The normalized spacial score (nSPS) is 15.4. The SMILES string of the molecule is O=C(CCn1nc(-c2cccs2)oc1=O)NC1CCN(Cc2ccc(Cl)cc2)CC1. The Bertz CT molecular complexity index is 1020. The second kappa shape index (κ2) is 9.59.